The fourth-order valence-corrected chi connectivity index (χ4v) is 3.57. The van der Waals surface area contributed by atoms with Gasteiger partial charge in [0.15, 0.2) is 0 Å². The van der Waals surface area contributed by atoms with Crippen molar-refractivity contribution in [1.29, 1.82) is 5.41 Å². The van der Waals surface area contributed by atoms with Gasteiger partial charge in [0, 0.05) is 18.8 Å². The summed E-state index contributed by atoms with van der Waals surface area (Å²) in [5.41, 5.74) is 4.22. The molecule has 1 aliphatic heterocycles. The van der Waals surface area contributed by atoms with Gasteiger partial charge >= 0.3 is 0 Å². The molecular weight excluding hydrogens is 314 g/mol. The Morgan fingerprint density at radius 3 is 2.55 bits per heavy atom. The van der Waals surface area contributed by atoms with Crippen LogP contribution in [0.15, 0.2) is 30.3 Å². The second kappa shape index (κ2) is 6.63. The molecule has 0 saturated heterocycles. The Morgan fingerprint density at radius 2 is 1.86 bits per heavy atom. The van der Waals surface area contributed by atoms with Gasteiger partial charge in [-0.1, -0.05) is 0 Å². The summed E-state index contributed by atoms with van der Waals surface area (Å²) in [6, 6.07) is 10.4. The Bertz CT molecular complexity index is 824. The van der Waals surface area contributed by atoms with Gasteiger partial charge in [0.25, 0.3) is 0 Å². The fraction of sp³-hybridized carbons (Fsp3) is 0.294. The fourth-order valence-electron chi connectivity index (χ4n) is 2.55. The van der Waals surface area contributed by atoms with Crippen molar-refractivity contribution in [2.45, 2.75) is 20.8 Å². The van der Waals surface area contributed by atoms with E-state index in [2.05, 4.69) is 36.9 Å². The molecule has 1 aromatic rings. The van der Waals surface area contributed by atoms with Gasteiger partial charge in [-0.25, -0.2) is 4.98 Å². The smallest absolute Gasteiger partial charge is 0.0813 e. The molecule has 0 fully saturated rings. The number of nitrogens with one attached hydrogen (secondary N) is 1. The predicted molar refractivity (Wildman–Crippen MR) is 90.4 cm³/mol. The number of halogens is 1. The number of hydrogen-bond acceptors (Lipinski definition) is 4. The largest absolute Gasteiger partial charge is 1.00 e. The molecule has 0 amide bonds. The Balaban J connectivity index is 0.00000176. The van der Waals surface area contributed by atoms with Crippen molar-refractivity contribution in [2.75, 3.05) is 18.0 Å². The van der Waals surface area contributed by atoms with Gasteiger partial charge in [0.1, 0.15) is 0 Å². The van der Waals surface area contributed by atoms with Crippen LogP contribution in [0.2, 0.25) is 0 Å². The Kier molecular flexibility index (Phi) is 5.04. The Labute approximate surface area is 140 Å². The van der Waals surface area contributed by atoms with Gasteiger partial charge in [-0.05, 0) is 56.7 Å². The molecule has 0 bridgehead atoms. The number of fused-ring (bicyclic) bond motifs is 2. The quantitative estimate of drug-likeness (QED) is 0.728. The first kappa shape index (κ1) is 16.7. The number of rotatable bonds is 3. The van der Waals surface area contributed by atoms with Crippen molar-refractivity contribution in [1.82, 2.24) is 4.98 Å². The first-order valence-corrected chi connectivity index (χ1v) is 8.08. The topological polar surface area (TPSA) is 40.0 Å². The van der Waals surface area contributed by atoms with Crippen molar-refractivity contribution in [3.63, 3.8) is 0 Å². The van der Waals surface area contributed by atoms with Crippen LogP contribution < -0.4 is 22.7 Å². The number of benzene rings is 2. The van der Waals surface area contributed by atoms with Crippen LogP contribution in [0.1, 0.15) is 19.4 Å². The second-order valence-corrected chi connectivity index (χ2v) is 6.26. The van der Waals surface area contributed by atoms with Crippen LogP contribution in [0, 0.1) is 12.3 Å². The summed E-state index contributed by atoms with van der Waals surface area (Å²) in [6.45, 7) is 8.31. The maximum absolute atomic E-state index is 7.95. The van der Waals surface area contributed by atoms with Crippen LogP contribution in [0.5, 0.6) is 0 Å². The van der Waals surface area contributed by atoms with Crippen molar-refractivity contribution in [3.05, 3.63) is 41.3 Å². The van der Waals surface area contributed by atoms with E-state index in [1.807, 2.05) is 19.1 Å². The molecule has 0 spiro atoms. The molecule has 0 unspecified atom stereocenters. The van der Waals surface area contributed by atoms with Gasteiger partial charge in [-0.3, -0.25) is 0 Å². The predicted octanol–water partition coefficient (Wildman–Crippen LogP) is 1.04. The monoisotopic (exact) mass is 332 g/mol. The molecule has 5 heteroatoms. The maximum Gasteiger partial charge on any atom is 0.0813 e. The highest BCUT2D eigenvalue weighted by atomic mass is 35.5. The van der Waals surface area contributed by atoms with E-state index in [9.17, 15) is 0 Å². The summed E-state index contributed by atoms with van der Waals surface area (Å²) >= 11 is 1.72. The number of anilines is 1. The minimum atomic E-state index is 0. The third-order valence-electron chi connectivity index (χ3n) is 3.84. The normalized spacial score (nSPS) is 10.7. The zero-order valence-electron chi connectivity index (χ0n) is 13.0. The average Bonchev–Trinajstić information content (AvgIpc) is 2.48. The molecule has 22 heavy (non-hydrogen) atoms. The first-order chi connectivity index (χ1) is 10.1. The van der Waals surface area contributed by atoms with Crippen LogP contribution in [0.3, 0.4) is 0 Å². The molecule has 1 N–H and O–H groups in total. The molecule has 0 atom stereocenters. The van der Waals surface area contributed by atoms with Crippen molar-refractivity contribution in [2.24, 2.45) is 0 Å². The van der Waals surface area contributed by atoms with Gasteiger partial charge < -0.3 is 22.7 Å². The van der Waals surface area contributed by atoms with Gasteiger partial charge in [0.05, 0.1) is 26.1 Å². The SMILES string of the molecule is CCN(CC)c1ccc2nc3cc(C)c(=N)cc-3sc2c1.[Cl-]. The lowest BCUT2D eigenvalue weighted by Gasteiger charge is -2.21. The van der Waals surface area contributed by atoms with Gasteiger partial charge in [-0.2, -0.15) is 0 Å². The van der Waals surface area contributed by atoms with E-state index in [0.717, 1.165) is 34.7 Å². The van der Waals surface area contributed by atoms with E-state index >= 15 is 0 Å². The van der Waals surface area contributed by atoms with Gasteiger partial charge in [0.2, 0.25) is 0 Å². The minimum Gasteiger partial charge on any atom is -1.00 e. The number of aromatic nitrogens is 1. The number of aryl methyl sites for hydroxylation is 1. The van der Waals surface area contributed by atoms with Gasteiger partial charge in [-0.15, -0.1) is 11.3 Å². The molecule has 0 saturated carbocycles. The molecule has 0 radical (unpaired) electrons. The van der Waals surface area contributed by atoms with Crippen molar-refractivity contribution >= 4 is 27.2 Å². The Hall–Kier alpha value is -1.65. The molecule has 0 aromatic heterocycles. The summed E-state index contributed by atoms with van der Waals surface area (Å²) in [6.07, 6.45) is 0. The molecule has 3 nitrogen and oxygen atoms in total. The lowest BCUT2D eigenvalue weighted by molar-refractivity contribution is -0.00000454. The lowest BCUT2D eigenvalue weighted by Crippen LogP contribution is -3.00. The lowest BCUT2D eigenvalue weighted by atomic mass is 10.1. The van der Waals surface area contributed by atoms with Crippen LogP contribution in [0.25, 0.3) is 20.8 Å². The standard InChI is InChI=1S/C17H19N3S.ClH/c1-4-20(5-2)12-6-7-14-16(9-12)21-17-10-13(18)11(3)8-15(17)19-14;/h6-10,18H,4-5H2,1-3H3;1H/p-1. The zero-order valence-corrected chi connectivity index (χ0v) is 14.6. The minimum absolute atomic E-state index is 0. The van der Waals surface area contributed by atoms with Crippen LogP contribution in [0.4, 0.5) is 5.69 Å². The van der Waals surface area contributed by atoms with E-state index in [0.29, 0.717) is 5.36 Å². The summed E-state index contributed by atoms with van der Waals surface area (Å²) < 4.78 is 1.18. The average molecular weight is 333 g/mol. The molecule has 1 aliphatic carbocycles. The van der Waals surface area contributed by atoms with E-state index in [4.69, 9.17) is 10.4 Å². The summed E-state index contributed by atoms with van der Waals surface area (Å²) in [7, 11) is 0. The van der Waals surface area contributed by atoms with Crippen molar-refractivity contribution < 1.29 is 12.4 Å². The highest BCUT2D eigenvalue weighted by Crippen LogP contribution is 2.32. The summed E-state index contributed by atoms with van der Waals surface area (Å²) in [5, 5.41) is 8.53. The van der Waals surface area contributed by atoms with Crippen LogP contribution >= 0.6 is 11.3 Å². The van der Waals surface area contributed by atoms with E-state index in [1.165, 1.54) is 10.4 Å². The number of hydrogen-bond donors (Lipinski definition) is 1. The summed E-state index contributed by atoms with van der Waals surface area (Å²) in [4.78, 5) is 8.15. The van der Waals surface area contributed by atoms with Crippen LogP contribution in [-0.2, 0) is 0 Å². The highest BCUT2D eigenvalue weighted by Gasteiger charge is 2.10. The molecule has 116 valence electrons. The number of nitrogens with zero attached hydrogens (tertiary/aromatic N) is 2. The maximum atomic E-state index is 7.95. The third-order valence-corrected chi connectivity index (χ3v) is 4.93. The van der Waals surface area contributed by atoms with E-state index in [-0.39, 0.29) is 12.4 Å². The molecule has 1 aromatic carbocycles. The summed E-state index contributed by atoms with van der Waals surface area (Å²) in [5.74, 6) is 0. The van der Waals surface area contributed by atoms with E-state index < -0.39 is 0 Å². The van der Waals surface area contributed by atoms with E-state index in [1.54, 1.807) is 11.3 Å². The van der Waals surface area contributed by atoms with Crippen LogP contribution in [-0.4, -0.2) is 18.1 Å². The third kappa shape index (κ3) is 2.94. The Morgan fingerprint density at radius 1 is 1.14 bits per heavy atom. The molecule has 2 aliphatic rings. The molecular formula is C17H19ClN3S-. The molecule has 1 heterocycles. The first-order valence-electron chi connectivity index (χ1n) is 7.27. The highest BCUT2D eigenvalue weighted by molar-refractivity contribution is 7.21. The molecule has 3 rings (SSSR count). The zero-order chi connectivity index (χ0) is 15.0. The second-order valence-electron chi connectivity index (χ2n) is 5.17. The van der Waals surface area contributed by atoms with Crippen molar-refractivity contribution in [3.8, 4) is 10.6 Å².